The molecule has 1 N–H and O–H groups in total. The number of ether oxygens (including phenoxy) is 1. The van der Waals surface area contributed by atoms with Gasteiger partial charge in [-0.15, -0.1) is 0 Å². The predicted octanol–water partition coefficient (Wildman–Crippen LogP) is 5.00. The van der Waals surface area contributed by atoms with Crippen molar-refractivity contribution >= 4 is 28.9 Å². The Morgan fingerprint density at radius 3 is 2.72 bits per heavy atom. The van der Waals surface area contributed by atoms with Crippen molar-refractivity contribution in [3.63, 3.8) is 0 Å². The molecule has 1 aliphatic rings. The third-order valence-corrected chi connectivity index (χ3v) is 5.60. The van der Waals surface area contributed by atoms with Crippen LogP contribution in [0.4, 0.5) is 0 Å². The topological polar surface area (TPSA) is 50.5 Å². The van der Waals surface area contributed by atoms with Gasteiger partial charge < -0.3 is 19.4 Å². The number of rotatable bonds is 7. The minimum Gasteiger partial charge on any atom is -0.459 e. The normalized spacial score (nSPS) is 18.8. The van der Waals surface area contributed by atoms with Crippen molar-refractivity contribution in [3.8, 4) is 11.3 Å². The summed E-state index contributed by atoms with van der Waals surface area (Å²) in [6, 6.07) is 17.4. The van der Waals surface area contributed by atoms with Crippen LogP contribution in [-0.2, 0) is 4.74 Å². The molecule has 1 fully saturated rings. The maximum Gasteiger partial charge on any atom is 0.170 e. The number of hydrogen-bond acceptors (Lipinski definition) is 4. The van der Waals surface area contributed by atoms with Gasteiger partial charge in [0, 0.05) is 37.0 Å². The molecule has 2 unspecified atom stereocenters. The number of pyridine rings is 1. The van der Waals surface area contributed by atoms with Gasteiger partial charge in [-0.1, -0.05) is 17.7 Å². The molecule has 3 aromatic rings. The van der Waals surface area contributed by atoms with Crippen molar-refractivity contribution in [1.82, 2.24) is 15.2 Å². The number of aromatic nitrogens is 1. The molecule has 1 aliphatic heterocycles. The van der Waals surface area contributed by atoms with E-state index in [2.05, 4.69) is 15.2 Å². The molecule has 150 valence electrons. The van der Waals surface area contributed by atoms with Gasteiger partial charge in [0.15, 0.2) is 5.11 Å². The highest BCUT2D eigenvalue weighted by atomic mass is 35.5. The maximum atomic E-state index is 6.29. The molecule has 3 heterocycles. The van der Waals surface area contributed by atoms with E-state index >= 15 is 0 Å². The van der Waals surface area contributed by atoms with Gasteiger partial charge in [-0.2, -0.15) is 0 Å². The fourth-order valence-electron chi connectivity index (χ4n) is 3.62. The number of hydrogen-bond donors (Lipinski definition) is 1. The van der Waals surface area contributed by atoms with Crippen molar-refractivity contribution in [2.45, 2.75) is 18.5 Å². The predicted molar refractivity (Wildman–Crippen MR) is 118 cm³/mol. The molecule has 0 bridgehead atoms. The summed E-state index contributed by atoms with van der Waals surface area (Å²) in [5.74, 6) is 1.64. The highest BCUT2D eigenvalue weighted by Gasteiger charge is 2.41. The van der Waals surface area contributed by atoms with E-state index in [0.717, 1.165) is 35.7 Å². The molecule has 1 saturated heterocycles. The molecule has 7 heteroatoms. The quantitative estimate of drug-likeness (QED) is 0.422. The largest absolute Gasteiger partial charge is 0.459 e. The Hall–Kier alpha value is -2.41. The summed E-state index contributed by atoms with van der Waals surface area (Å²) >= 11 is 11.7. The van der Waals surface area contributed by atoms with Crippen LogP contribution in [0.1, 0.15) is 30.0 Å². The summed E-state index contributed by atoms with van der Waals surface area (Å²) < 4.78 is 11.5. The van der Waals surface area contributed by atoms with Crippen LogP contribution in [-0.4, -0.2) is 35.3 Å². The summed E-state index contributed by atoms with van der Waals surface area (Å²) in [4.78, 5) is 6.71. The fourth-order valence-corrected chi connectivity index (χ4v) is 4.07. The second kappa shape index (κ2) is 8.95. The lowest BCUT2D eigenvalue weighted by atomic mass is 10.0. The fraction of sp³-hybridized carbons (Fsp3) is 0.273. The number of furan rings is 1. The number of nitrogens with one attached hydrogen (secondary N) is 1. The first-order valence-corrected chi connectivity index (χ1v) is 10.3. The van der Waals surface area contributed by atoms with Crippen molar-refractivity contribution < 1.29 is 9.15 Å². The lowest BCUT2D eigenvalue weighted by Crippen LogP contribution is -2.31. The van der Waals surface area contributed by atoms with Crippen LogP contribution in [0.25, 0.3) is 11.3 Å². The summed E-state index contributed by atoms with van der Waals surface area (Å²) in [5, 5.41) is 4.83. The third kappa shape index (κ3) is 4.29. The summed E-state index contributed by atoms with van der Waals surface area (Å²) in [5.41, 5.74) is 1.91. The Morgan fingerprint density at radius 1 is 1.17 bits per heavy atom. The van der Waals surface area contributed by atoms with Gasteiger partial charge in [0.1, 0.15) is 17.6 Å². The molecular weight excluding hydrogens is 406 g/mol. The smallest absolute Gasteiger partial charge is 0.170 e. The van der Waals surface area contributed by atoms with Gasteiger partial charge in [-0.25, -0.2) is 0 Å². The molecule has 0 aliphatic carbocycles. The van der Waals surface area contributed by atoms with Gasteiger partial charge in [0.05, 0.1) is 11.7 Å². The van der Waals surface area contributed by atoms with Gasteiger partial charge in [-0.05, 0) is 67.2 Å². The second-order valence-corrected chi connectivity index (χ2v) is 7.70. The van der Waals surface area contributed by atoms with Crippen molar-refractivity contribution in [3.05, 3.63) is 77.3 Å². The molecule has 0 radical (unpaired) electrons. The molecule has 1 aromatic carbocycles. The Morgan fingerprint density at radius 2 is 2.00 bits per heavy atom. The molecule has 0 spiro atoms. The molecule has 2 aromatic heterocycles. The van der Waals surface area contributed by atoms with E-state index in [0.29, 0.717) is 16.7 Å². The van der Waals surface area contributed by atoms with Crippen LogP contribution in [0.15, 0.2) is 65.2 Å². The van der Waals surface area contributed by atoms with Crippen molar-refractivity contribution in [2.75, 3.05) is 20.3 Å². The molecule has 29 heavy (non-hydrogen) atoms. The lowest BCUT2D eigenvalue weighted by molar-refractivity contribution is 0.177. The minimum atomic E-state index is -0.0877. The van der Waals surface area contributed by atoms with Gasteiger partial charge >= 0.3 is 0 Å². The first-order valence-electron chi connectivity index (χ1n) is 9.50. The molecule has 0 saturated carbocycles. The van der Waals surface area contributed by atoms with Gasteiger partial charge in [0.2, 0.25) is 0 Å². The Kier molecular flexibility index (Phi) is 6.13. The zero-order valence-electron chi connectivity index (χ0n) is 16.0. The number of halogens is 1. The monoisotopic (exact) mass is 427 g/mol. The van der Waals surface area contributed by atoms with Gasteiger partial charge in [-0.3, -0.25) is 4.98 Å². The summed E-state index contributed by atoms with van der Waals surface area (Å²) in [6.45, 7) is 1.44. The standard InChI is InChI=1S/C22H22ClN3O2S/c1-27-14-4-13-26-21(20(25-22(26)29)17-5-2-3-12-24-17)19-11-10-18(28-19)15-6-8-16(23)9-7-15/h2-3,5-12,20-21H,4,13-14H2,1H3,(H,25,29). The molecule has 0 amide bonds. The van der Waals surface area contributed by atoms with Crippen LogP contribution in [0.3, 0.4) is 0 Å². The lowest BCUT2D eigenvalue weighted by Gasteiger charge is -2.25. The zero-order chi connectivity index (χ0) is 20.2. The number of thiocarbonyl (C=S) groups is 1. The van der Waals surface area contributed by atoms with E-state index in [1.54, 1.807) is 13.3 Å². The van der Waals surface area contributed by atoms with Crippen LogP contribution in [0, 0.1) is 0 Å². The van der Waals surface area contributed by atoms with Crippen LogP contribution < -0.4 is 5.32 Å². The number of benzene rings is 1. The Balaban J connectivity index is 1.67. The van der Waals surface area contributed by atoms with Crippen molar-refractivity contribution in [2.24, 2.45) is 0 Å². The maximum absolute atomic E-state index is 6.29. The molecule has 4 rings (SSSR count). The third-order valence-electron chi connectivity index (χ3n) is 4.99. The number of methoxy groups -OCH3 is 1. The molecule has 2 atom stereocenters. The average molecular weight is 428 g/mol. The summed E-state index contributed by atoms with van der Waals surface area (Å²) in [6.07, 6.45) is 2.67. The van der Waals surface area contributed by atoms with Crippen LogP contribution in [0.5, 0.6) is 0 Å². The zero-order valence-corrected chi connectivity index (χ0v) is 17.6. The summed E-state index contributed by atoms with van der Waals surface area (Å²) in [7, 11) is 1.71. The highest BCUT2D eigenvalue weighted by Crippen LogP contribution is 2.40. The highest BCUT2D eigenvalue weighted by molar-refractivity contribution is 7.80. The molecular formula is C22H22ClN3O2S. The van der Waals surface area contributed by atoms with E-state index in [1.807, 2.05) is 54.6 Å². The first-order chi connectivity index (χ1) is 14.2. The van der Waals surface area contributed by atoms with Crippen LogP contribution >= 0.6 is 23.8 Å². The molecule has 5 nitrogen and oxygen atoms in total. The van der Waals surface area contributed by atoms with E-state index < -0.39 is 0 Å². The number of nitrogens with zero attached hydrogens (tertiary/aromatic N) is 2. The second-order valence-electron chi connectivity index (χ2n) is 6.88. The van der Waals surface area contributed by atoms with E-state index in [1.165, 1.54) is 0 Å². The van der Waals surface area contributed by atoms with Crippen LogP contribution in [0.2, 0.25) is 5.02 Å². The minimum absolute atomic E-state index is 0.0875. The van der Waals surface area contributed by atoms with E-state index in [9.17, 15) is 0 Å². The average Bonchev–Trinajstić information content (AvgIpc) is 3.34. The van der Waals surface area contributed by atoms with E-state index in [4.69, 9.17) is 33.0 Å². The van der Waals surface area contributed by atoms with E-state index in [-0.39, 0.29) is 12.1 Å². The van der Waals surface area contributed by atoms with Crippen molar-refractivity contribution in [1.29, 1.82) is 0 Å². The Labute approximate surface area is 180 Å². The van der Waals surface area contributed by atoms with Gasteiger partial charge in [0.25, 0.3) is 0 Å². The Bertz CT molecular complexity index is 962. The SMILES string of the molecule is COCCCN1C(=S)NC(c2ccccn2)C1c1ccc(-c2ccc(Cl)cc2)o1. The first kappa shape index (κ1) is 19.9.